The molecule has 0 heterocycles. The molecule has 0 saturated heterocycles. The summed E-state index contributed by atoms with van der Waals surface area (Å²) < 4.78 is 5.56. The van der Waals surface area contributed by atoms with Gasteiger partial charge in [0.1, 0.15) is 5.75 Å². The first kappa shape index (κ1) is 23.0. The van der Waals surface area contributed by atoms with E-state index in [4.69, 9.17) is 17.0 Å². The minimum Gasteiger partial charge on any atom is -0.494 e. The number of benzene rings is 3. The van der Waals surface area contributed by atoms with Crippen molar-refractivity contribution in [1.29, 1.82) is 0 Å². The summed E-state index contributed by atoms with van der Waals surface area (Å²) in [5.74, 6) is 0.0881. The number of carbonyl (C=O) groups excluding carboxylic acids is 2. The quantitative estimate of drug-likeness (QED) is 0.442. The van der Waals surface area contributed by atoms with Crippen molar-refractivity contribution in [1.82, 2.24) is 10.6 Å². The van der Waals surface area contributed by atoms with Gasteiger partial charge in [0.05, 0.1) is 6.61 Å². The first-order chi connectivity index (χ1) is 15.5. The van der Waals surface area contributed by atoms with Gasteiger partial charge in [-0.2, -0.15) is 0 Å². The number of hydrogen-bond donors (Lipinski definition) is 3. The van der Waals surface area contributed by atoms with Gasteiger partial charge in [0.2, 0.25) is 0 Å². The third kappa shape index (κ3) is 6.92. The van der Waals surface area contributed by atoms with E-state index >= 15 is 0 Å². The SMILES string of the molecule is CCCOc1cccc(C(=O)NC(=S)Nc2cccc(C(=O)NCc3ccccc3)c2)c1. The van der Waals surface area contributed by atoms with E-state index in [9.17, 15) is 9.59 Å². The Balaban J connectivity index is 1.56. The fourth-order valence-corrected chi connectivity index (χ4v) is 3.11. The average Bonchev–Trinajstić information content (AvgIpc) is 2.82. The molecule has 0 bridgehead atoms. The third-order valence-electron chi connectivity index (χ3n) is 4.47. The molecule has 0 saturated carbocycles. The van der Waals surface area contributed by atoms with E-state index in [1.54, 1.807) is 48.5 Å². The molecule has 7 heteroatoms. The summed E-state index contributed by atoms with van der Waals surface area (Å²) in [6.07, 6.45) is 0.883. The van der Waals surface area contributed by atoms with Crippen LogP contribution < -0.4 is 20.7 Å². The smallest absolute Gasteiger partial charge is 0.257 e. The molecule has 164 valence electrons. The number of carbonyl (C=O) groups is 2. The van der Waals surface area contributed by atoms with Gasteiger partial charge in [0, 0.05) is 23.4 Å². The van der Waals surface area contributed by atoms with E-state index in [0.29, 0.717) is 35.7 Å². The lowest BCUT2D eigenvalue weighted by Crippen LogP contribution is -2.34. The van der Waals surface area contributed by atoms with Crippen molar-refractivity contribution in [2.45, 2.75) is 19.9 Å². The molecule has 0 fully saturated rings. The molecule has 3 rings (SSSR count). The highest BCUT2D eigenvalue weighted by atomic mass is 32.1. The lowest BCUT2D eigenvalue weighted by molar-refractivity contribution is 0.0948. The van der Waals surface area contributed by atoms with E-state index < -0.39 is 0 Å². The molecule has 3 aromatic carbocycles. The number of thiocarbonyl (C=S) groups is 1. The van der Waals surface area contributed by atoms with E-state index in [2.05, 4.69) is 16.0 Å². The van der Waals surface area contributed by atoms with Crippen LogP contribution >= 0.6 is 12.2 Å². The maximum atomic E-state index is 12.5. The molecule has 3 aromatic rings. The molecular weight excluding hydrogens is 422 g/mol. The predicted octanol–water partition coefficient (Wildman–Crippen LogP) is 4.53. The van der Waals surface area contributed by atoms with Gasteiger partial charge >= 0.3 is 0 Å². The van der Waals surface area contributed by atoms with Crippen molar-refractivity contribution in [3.8, 4) is 5.75 Å². The summed E-state index contributed by atoms with van der Waals surface area (Å²) in [7, 11) is 0. The largest absolute Gasteiger partial charge is 0.494 e. The minimum atomic E-state index is -0.346. The highest BCUT2D eigenvalue weighted by Gasteiger charge is 2.11. The lowest BCUT2D eigenvalue weighted by Gasteiger charge is -2.12. The van der Waals surface area contributed by atoms with Crippen LogP contribution in [-0.2, 0) is 6.54 Å². The van der Waals surface area contributed by atoms with Gasteiger partial charge in [-0.05, 0) is 60.6 Å². The Kier molecular flexibility index (Phi) is 8.34. The van der Waals surface area contributed by atoms with Gasteiger partial charge in [0.25, 0.3) is 11.8 Å². The first-order valence-corrected chi connectivity index (χ1v) is 10.7. The lowest BCUT2D eigenvalue weighted by atomic mass is 10.1. The highest BCUT2D eigenvalue weighted by molar-refractivity contribution is 7.80. The van der Waals surface area contributed by atoms with Crippen LogP contribution in [0.25, 0.3) is 0 Å². The monoisotopic (exact) mass is 447 g/mol. The van der Waals surface area contributed by atoms with Crippen LogP contribution in [0.2, 0.25) is 0 Å². The molecule has 2 amide bonds. The fourth-order valence-electron chi connectivity index (χ4n) is 2.90. The topological polar surface area (TPSA) is 79.5 Å². The van der Waals surface area contributed by atoms with E-state index in [1.807, 2.05) is 37.3 Å². The van der Waals surface area contributed by atoms with Crippen LogP contribution in [0.15, 0.2) is 78.9 Å². The summed E-state index contributed by atoms with van der Waals surface area (Å²) in [6, 6.07) is 23.5. The molecule has 32 heavy (non-hydrogen) atoms. The Labute approximate surface area is 193 Å². The standard InChI is InChI=1S/C25H25N3O3S/c1-2-14-31-22-13-7-11-20(16-22)24(30)28-25(32)27-21-12-6-10-19(15-21)23(29)26-17-18-8-4-3-5-9-18/h3-13,15-16H,2,14,17H2,1H3,(H,26,29)(H2,27,28,30,32). The Morgan fingerprint density at radius 1 is 0.875 bits per heavy atom. The summed E-state index contributed by atoms with van der Waals surface area (Å²) in [4.78, 5) is 25.0. The zero-order valence-electron chi connectivity index (χ0n) is 17.8. The number of ether oxygens (including phenoxy) is 1. The van der Waals surface area contributed by atoms with Crippen molar-refractivity contribution >= 4 is 34.8 Å². The van der Waals surface area contributed by atoms with Crippen molar-refractivity contribution < 1.29 is 14.3 Å². The molecule has 6 nitrogen and oxygen atoms in total. The van der Waals surface area contributed by atoms with Crippen molar-refractivity contribution in [3.05, 3.63) is 95.6 Å². The molecule has 0 aliphatic heterocycles. The molecule has 0 unspecified atom stereocenters. The van der Waals surface area contributed by atoms with E-state index in [1.165, 1.54) is 0 Å². The second kappa shape index (κ2) is 11.6. The zero-order valence-corrected chi connectivity index (χ0v) is 18.6. The van der Waals surface area contributed by atoms with Crippen LogP contribution in [0.3, 0.4) is 0 Å². The Hall–Kier alpha value is -3.71. The molecule has 0 aliphatic rings. The first-order valence-electron chi connectivity index (χ1n) is 10.3. The predicted molar refractivity (Wildman–Crippen MR) is 130 cm³/mol. The van der Waals surface area contributed by atoms with Crippen LogP contribution in [0.5, 0.6) is 5.75 Å². The van der Waals surface area contributed by atoms with Gasteiger partial charge < -0.3 is 15.4 Å². The zero-order chi connectivity index (χ0) is 22.8. The molecule has 0 aliphatic carbocycles. The number of hydrogen-bond acceptors (Lipinski definition) is 4. The van der Waals surface area contributed by atoms with Crippen molar-refractivity contribution in [2.75, 3.05) is 11.9 Å². The number of anilines is 1. The molecule has 0 aromatic heterocycles. The van der Waals surface area contributed by atoms with Gasteiger partial charge in [-0.1, -0.05) is 49.4 Å². The maximum absolute atomic E-state index is 12.5. The summed E-state index contributed by atoms with van der Waals surface area (Å²) >= 11 is 5.26. The average molecular weight is 448 g/mol. The van der Waals surface area contributed by atoms with Crippen molar-refractivity contribution in [3.63, 3.8) is 0 Å². The van der Waals surface area contributed by atoms with Crippen LogP contribution in [0.1, 0.15) is 39.6 Å². The van der Waals surface area contributed by atoms with Crippen LogP contribution in [-0.4, -0.2) is 23.5 Å². The van der Waals surface area contributed by atoms with Crippen molar-refractivity contribution in [2.24, 2.45) is 0 Å². The number of rotatable bonds is 8. The summed E-state index contributed by atoms with van der Waals surface area (Å²) in [6.45, 7) is 3.04. The molecule has 0 atom stereocenters. The normalized spacial score (nSPS) is 10.2. The molecule has 3 N–H and O–H groups in total. The Morgan fingerprint density at radius 3 is 2.34 bits per heavy atom. The highest BCUT2D eigenvalue weighted by Crippen LogP contribution is 2.14. The van der Waals surface area contributed by atoms with Gasteiger partial charge in [-0.3, -0.25) is 14.9 Å². The Morgan fingerprint density at radius 2 is 1.59 bits per heavy atom. The Bertz CT molecular complexity index is 1090. The third-order valence-corrected chi connectivity index (χ3v) is 4.68. The second-order valence-electron chi connectivity index (χ2n) is 7.03. The fraction of sp³-hybridized carbons (Fsp3) is 0.160. The number of amides is 2. The van der Waals surface area contributed by atoms with Gasteiger partial charge in [0.15, 0.2) is 5.11 Å². The second-order valence-corrected chi connectivity index (χ2v) is 7.44. The molecule has 0 radical (unpaired) electrons. The minimum absolute atomic E-state index is 0.136. The van der Waals surface area contributed by atoms with Crippen LogP contribution in [0, 0.1) is 0 Å². The van der Waals surface area contributed by atoms with Gasteiger partial charge in [-0.15, -0.1) is 0 Å². The van der Waals surface area contributed by atoms with E-state index in [-0.39, 0.29) is 16.9 Å². The van der Waals surface area contributed by atoms with Gasteiger partial charge in [-0.25, -0.2) is 0 Å². The molecule has 0 spiro atoms. The number of nitrogens with one attached hydrogen (secondary N) is 3. The molecular formula is C25H25N3O3S. The summed E-state index contributed by atoms with van der Waals surface area (Å²) in [5.41, 5.74) is 2.54. The van der Waals surface area contributed by atoms with Crippen LogP contribution in [0.4, 0.5) is 5.69 Å². The maximum Gasteiger partial charge on any atom is 0.257 e. The van der Waals surface area contributed by atoms with E-state index in [0.717, 1.165) is 12.0 Å². The summed E-state index contributed by atoms with van der Waals surface area (Å²) in [5, 5.41) is 8.62.